The fourth-order valence-electron chi connectivity index (χ4n) is 3.56. The lowest BCUT2D eigenvalue weighted by atomic mass is 9.91. The predicted molar refractivity (Wildman–Crippen MR) is 98.9 cm³/mol. The average molecular weight is 362 g/mol. The molecule has 1 aliphatic carbocycles. The smallest absolute Gasteiger partial charge is 0.253 e. The van der Waals surface area contributed by atoms with Gasteiger partial charge in [0.25, 0.3) is 5.91 Å². The standard InChI is InChI=1S/C19H23N3O2.ClH/c23-19(16-7-5-15(6-8-16)18-20-9-14-24-18)22-11-2-10-21(12-13-22)17-3-1-4-17;/h5-9,14,17H,1-4,10-13H2;1H. The number of aromatic nitrogens is 1. The van der Waals surface area contributed by atoms with Crippen LogP contribution in [0.1, 0.15) is 36.0 Å². The number of amides is 1. The first-order chi connectivity index (χ1) is 11.8. The Hall–Kier alpha value is -1.85. The molecule has 2 heterocycles. The topological polar surface area (TPSA) is 49.6 Å². The average Bonchev–Trinajstić information content (AvgIpc) is 3.00. The van der Waals surface area contributed by atoms with Gasteiger partial charge in [-0.25, -0.2) is 4.98 Å². The molecule has 134 valence electrons. The monoisotopic (exact) mass is 361 g/mol. The molecule has 0 N–H and O–H groups in total. The van der Waals surface area contributed by atoms with Crippen molar-refractivity contribution in [3.8, 4) is 11.5 Å². The number of benzene rings is 1. The third-order valence-electron chi connectivity index (χ3n) is 5.22. The van der Waals surface area contributed by atoms with Crippen molar-refractivity contribution < 1.29 is 9.21 Å². The van der Waals surface area contributed by atoms with Gasteiger partial charge in [-0.1, -0.05) is 6.42 Å². The largest absolute Gasteiger partial charge is 0.445 e. The maximum atomic E-state index is 12.8. The number of oxazole rings is 1. The van der Waals surface area contributed by atoms with Gasteiger partial charge in [0.15, 0.2) is 0 Å². The van der Waals surface area contributed by atoms with E-state index in [0.717, 1.165) is 49.8 Å². The molecule has 2 aliphatic rings. The molecule has 5 nitrogen and oxygen atoms in total. The van der Waals surface area contributed by atoms with Gasteiger partial charge < -0.3 is 9.32 Å². The van der Waals surface area contributed by atoms with Crippen molar-refractivity contribution in [2.24, 2.45) is 0 Å². The molecule has 25 heavy (non-hydrogen) atoms. The quantitative estimate of drug-likeness (QED) is 0.840. The lowest BCUT2D eigenvalue weighted by Gasteiger charge is -2.36. The van der Waals surface area contributed by atoms with E-state index in [1.807, 2.05) is 29.2 Å². The summed E-state index contributed by atoms with van der Waals surface area (Å²) in [5, 5.41) is 0. The summed E-state index contributed by atoms with van der Waals surface area (Å²) in [5.74, 6) is 0.712. The molecule has 2 aromatic rings. The summed E-state index contributed by atoms with van der Waals surface area (Å²) in [5.41, 5.74) is 1.63. The second-order valence-corrected chi connectivity index (χ2v) is 6.68. The van der Waals surface area contributed by atoms with Gasteiger partial charge in [0.1, 0.15) is 6.26 Å². The van der Waals surface area contributed by atoms with Crippen molar-refractivity contribution in [2.75, 3.05) is 26.2 Å². The van der Waals surface area contributed by atoms with Crippen LogP contribution in [0.4, 0.5) is 0 Å². The number of hydrogen-bond donors (Lipinski definition) is 0. The first-order valence-corrected chi connectivity index (χ1v) is 8.84. The summed E-state index contributed by atoms with van der Waals surface area (Å²) in [7, 11) is 0. The molecule has 1 saturated carbocycles. The van der Waals surface area contributed by atoms with Crippen LogP contribution in [-0.4, -0.2) is 52.9 Å². The molecule has 0 atom stereocenters. The predicted octanol–water partition coefficient (Wildman–Crippen LogP) is 3.46. The normalized spacial score (nSPS) is 19.0. The molecular formula is C19H24ClN3O2. The summed E-state index contributed by atoms with van der Waals surface area (Å²) in [6.07, 6.45) is 8.27. The molecule has 4 rings (SSSR count). The zero-order chi connectivity index (χ0) is 16.4. The Kier molecular flexibility index (Phi) is 5.76. The molecule has 0 unspecified atom stereocenters. The van der Waals surface area contributed by atoms with Gasteiger partial charge in [-0.3, -0.25) is 9.69 Å². The van der Waals surface area contributed by atoms with Crippen molar-refractivity contribution in [1.82, 2.24) is 14.8 Å². The summed E-state index contributed by atoms with van der Waals surface area (Å²) in [6, 6.07) is 8.31. The third-order valence-corrected chi connectivity index (χ3v) is 5.22. The van der Waals surface area contributed by atoms with Crippen LogP contribution in [-0.2, 0) is 0 Å². The number of nitrogens with zero attached hydrogens (tertiary/aromatic N) is 3. The van der Waals surface area contributed by atoms with Crippen LogP contribution in [0.2, 0.25) is 0 Å². The Morgan fingerprint density at radius 2 is 1.84 bits per heavy atom. The molecule has 1 aromatic heterocycles. The lowest BCUT2D eigenvalue weighted by molar-refractivity contribution is 0.0749. The van der Waals surface area contributed by atoms with Gasteiger partial charge in [-0.05, 0) is 43.5 Å². The van der Waals surface area contributed by atoms with Gasteiger partial charge in [0, 0.05) is 43.3 Å². The number of hydrogen-bond acceptors (Lipinski definition) is 4. The first kappa shape index (κ1) is 18.0. The van der Waals surface area contributed by atoms with Crippen LogP contribution >= 0.6 is 12.4 Å². The van der Waals surface area contributed by atoms with Crippen molar-refractivity contribution in [3.05, 3.63) is 42.3 Å². The summed E-state index contributed by atoms with van der Waals surface area (Å²) in [6.45, 7) is 3.81. The Morgan fingerprint density at radius 3 is 2.48 bits per heavy atom. The maximum Gasteiger partial charge on any atom is 0.253 e. The van der Waals surface area contributed by atoms with E-state index in [0.29, 0.717) is 5.89 Å². The van der Waals surface area contributed by atoms with Crippen LogP contribution in [0.25, 0.3) is 11.5 Å². The van der Waals surface area contributed by atoms with Crippen LogP contribution in [0.15, 0.2) is 41.1 Å². The minimum absolute atomic E-state index is 0. The van der Waals surface area contributed by atoms with Crippen LogP contribution in [0.5, 0.6) is 0 Å². The SMILES string of the molecule is Cl.O=C(c1ccc(-c2ncco2)cc1)N1CCCN(C2CCC2)CC1. The molecular weight excluding hydrogens is 338 g/mol. The highest BCUT2D eigenvalue weighted by molar-refractivity contribution is 5.94. The number of carbonyl (C=O) groups excluding carboxylic acids is 1. The van der Waals surface area contributed by atoms with Crippen LogP contribution in [0, 0.1) is 0 Å². The highest BCUT2D eigenvalue weighted by atomic mass is 35.5. The van der Waals surface area contributed by atoms with Crippen molar-refractivity contribution in [3.63, 3.8) is 0 Å². The minimum Gasteiger partial charge on any atom is -0.445 e. The second-order valence-electron chi connectivity index (χ2n) is 6.68. The maximum absolute atomic E-state index is 12.8. The molecule has 1 aliphatic heterocycles. The Labute approximate surface area is 154 Å². The second kappa shape index (κ2) is 8.02. The highest BCUT2D eigenvalue weighted by Gasteiger charge is 2.27. The molecule has 1 amide bonds. The Balaban J connectivity index is 0.00000182. The summed E-state index contributed by atoms with van der Waals surface area (Å²) >= 11 is 0. The van der Waals surface area contributed by atoms with E-state index in [9.17, 15) is 4.79 Å². The third kappa shape index (κ3) is 3.88. The van der Waals surface area contributed by atoms with Gasteiger partial charge in [-0.15, -0.1) is 12.4 Å². The molecule has 0 spiro atoms. The van der Waals surface area contributed by atoms with Crippen molar-refractivity contribution >= 4 is 18.3 Å². The van der Waals surface area contributed by atoms with E-state index in [1.54, 1.807) is 12.5 Å². The number of rotatable bonds is 3. The van der Waals surface area contributed by atoms with Crippen molar-refractivity contribution in [1.29, 1.82) is 0 Å². The van der Waals surface area contributed by atoms with Gasteiger partial charge >= 0.3 is 0 Å². The van der Waals surface area contributed by atoms with Gasteiger partial charge in [0.2, 0.25) is 5.89 Å². The molecule has 6 heteroatoms. The molecule has 2 fully saturated rings. The number of carbonyl (C=O) groups is 1. The van der Waals surface area contributed by atoms with Crippen LogP contribution < -0.4 is 0 Å². The van der Waals surface area contributed by atoms with E-state index < -0.39 is 0 Å². The minimum atomic E-state index is 0. The fourth-order valence-corrected chi connectivity index (χ4v) is 3.56. The van der Waals surface area contributed by atoms with E-state index >= 15 is 0 Å². The summed E-state index contributed by atoms with van der Waals surface area (Å²) in [4.78, 5) is 21.5. The Morgan fingerprint density at radius 1 is 1.04 bits per heavy atom. The van der Waals surface area contributed by atoms with Gasteiger partial charge in [0.05, 0.1) is 6.20 Å². The van der Waals surface area contributed by atoms with E-state index in [1.165, 1.54) is 19.3 Å². The molecule has 0 bridgehead atoms. The fraction of sp³-hybridized carbons (Fsp3) is 0.474. The number of halogens is 1. The Bertz CT molecular complexity index is 683. The summed E-state index contributed by atoms with van der Waals surface area (Å²) < 4.78 is 5.29. The zero-order valence-electron chi connectivity index (χ0n) is 14.3. The van der Waals surface area contributed by atoms with Crippen molar-refractivity contribution in [2.45, 2.75) is 31.7 Å². The van der Waals surface area contributed by atoms with Gasteiger partial charge in [-0.2, -0.15) is 0 Å². The zero-order valence-corrected chi connectivity index (χ0v) is 15.1. The highest BCUT2D eigenvalue weighted by Crippen LogP contribution is 2.26. The first-order valence-electron chi connectivity index (χ1n) is 8.84. The van der Waals surface area contributed by atoms with E-state index in [-0.39, 0.29) is 18.3 Å². The molecule has 0 radical (unpaired) electrons. The van der Waals surface area contributed by atoms with Crippen LogP contribution in [0.3, 0.4) is 0 Å². The molecule has 1 aromatic carbocycles. The van der Waals surface area contributed by atoms with E-state index in [2.05, 4.69) is 9.88 Å². The lowest BCUT2D eigenvalue weighted by Crippen LogP contribution is -2.42. The van der Waals surface area contributed by atoms with E-state index in [4.69, 9.17) is 4.42 Å². The molecule has 1 saturated heterocycles.